The van der Waals surface area contributed by atoms with Crippen molar-refractivity contribution >= 4 is 15.2 Å². The van der Waals surface area contributed by atoms with Crippen LogP contribution >= 0.6 is 15.2 Å². The number of benzene rings is 4. The monoisotopic (exact) mass is 1010 g/mol. The Balaban J connectivity index is 1.41. The largest absolute Gasteiger partial charge is 0.342 e. The quantitative estimate of drug-likeness (QED) is 0.0731. The van der Waals surface area contributed by atoms with Crippen LogP contribution in [-0.4, -0.2) is 26.4 Å². The summed E-state index contributed by atoms with van der Waals surface area (Å²) in [6.45, 7) is 36.5. The molecular formula is C63H94O6P2. The molecule has 2 heterocycles. The Morgan fingerprint density at radius 2 is 0.465 bits per heavy atom. The molecule has 8 heteroatoms. The fourth-order valence-electron chi connectivity index (χ4n) is 11.2. The smallest absolute Gasteiger partial charge is 0.307 e. The summed E-state index contributed by atoms with van der Waals surface area (Å²) < 4.78 is 59.1. The molecule has 6 rings (SSSR count). The van der Waals surface area contributed by atoms with Gasteiger partial charge in [-0.15, -0.1) is 0 Å². The van der Waals surface area contributed by atoms with Crippen LogP contribution in [-0.2, 0) is 78.6 Å². The number of hydrogen-bond donors (Lipinski definition) is 0. The molecule has 71 heavy (non-hydrogen) atoms. The summed E-state index contributed by atoms with van der Waals surface area (Å²) in [4.78, 5) is 0. The molecular weight excluding hydrogens is 915 g/mol. The van der Waals surface area contributed by atoms with Crippen molar-refractivity contribution in [3.63, 3.8) is 0 Å². The van der Waals surface area contributed by atoms with Crippen LogP contribution in [0.15, 0.2) is 72.8 Å². The van der Waals surface area contributed by atoms with Gasteiger partial charge < -0.3 is 18.1 Å². The van der Waals surface area contributed by atoms with Gasteiger partial charge in [0.05, 0.1) is 31.8 Å². The van der Waals surface area contributed by atoms with Gasteiger partial charge in [-0.25, -0.2) is 0 Å². The summed E-state index contributed by atoms with van der Waals surface area (Å²) in [6.07, 6.45) is 7.37. The van der Waals surface area contributed by atoms with Crippen molar-refractivity contribution in [1.82, 2.24) is 0 Å². The molecule has 0 saturated carbocycles. The zero-order valence-corrected chi connectivity index (χ0v) is 48.8. The van der Waals surface area contributed by atoms with E-state index >= 15 is 9.13 Å². The molecule has 2 fully saturated rings. The summed E-state index contributed by atoms with van der Waals surface area (Å²) in [5, 5.41) is 0. The first-order valence-electron chi connectivity index (χ1n) is 27.6. The van der Waals surface area contributed by atoms with Gasteiger partial charge in [-0.3, -0.25) is 9.13 Å². The van der Waals surface area contributed by atoms with Crippen LogP contribution in [0.2, 0.25) is 0 Å². The first-order chi connectivity index (χ1) is 33.3. The van der Waals surface area contributed by atoms with Crippen LogP contribution in [0, 0.1) is 52.8 Å². The molecule has 0 aliphatic carbocycles. The average Bonchev–Trinajstić information content (AvgIpc) is 3.21. The third-order valence-corrected chi connectivity index (χ3v) is 18.0. The van der Waals surface area contributed by atoms with Gasteiger partial charge in [-0.1, -0.05) is 184 Å². The average molecular weight is 1010 g/mol. The van der Waals surface area contributed by atoms with E-state index in [1.807, 2.05) is 0 Å². The Morgan fingerprint density at radius 1 is 0.310 bits per heavy atom. The summed E-state index contributed by atoms with van der Waals surface area (Å²) in [7, 11) is -7.75. The molecule has 0 radical (unpaired) electrons. The minimum absolute atomic E-state index is 0.103. The Kier molecular flexibility index (Phi) is 20.0. The van der Waals surface area contributed by atoms with Crippen LogP contribution in [0.1, 0.15) is 189 Å². The molecule has 1 spiro atoms. The fraction of sp³-hybridized carbons (Fsp3) is 0.619. The minimum atomic E-state index is -3.87. The second kappa shape index (κ2) is 24.7. The molecule has 0 bridgehead atoms. The lowest BCUT2D eigenvalue weighted by molar-refractivity contribution is -0.0703. The lowest BCUT2D eigenvalue weighted by Crippen LogP contribution is -2.46. The molecule has 4 aromatic carbocycles. The van der Waals surface area contributed by atoms with Crippen LogP contribution in [0.25, 0.3) is 0 Å². The Morgan fingerprint density at radius 3 is 0.606 bits per heavy atom. The third-order valence-electron chi connectivity index (χ3n) is 13.5. The van der Waals surface area contributed by atoms with Gasteiger partial charge in [-0.2, -0.15) is 0 Å². The van der Waals surface area contributed by atoms with Gasteiger partial charge in [0.2, 0.25) is 0 Å². The van der Waals surface area contributed by atoms with E-state index in [0.29, 0.717) is 47.3 Å². The lowest BCUT2D eigenvalue weighted by atomic mass is 9.90. The Labute approximate surface area is 432 Å². The molecule has 0 N–H and O–H groups in total. The predicted octanol–water partition coefficient (Wildman–Crippen LogP) is 17.6. The molecule has 392 valence electrons. The summed E-state index contributed by atoms with van der Waals surface area (Å²) in [5.74, 6) is 3.66. The van der Waals surface area contributed by atoms with E-state index in [-0.39, 0.29) is 26.4 Å². The minimum Gasteiger partial charge on any atom is -0.307 e. The molecule has 6 nitrogen and oxygen atoms in total. The second-order valence-corrected chi connectivity index (χ2v) is 29.8. The van der Waals surface area contributed by atoms with Crippen molar-refractivity contribution in [3.8, 4) is 0 Å². The predicted molar refractivity (Wildman–Crippen MR) is 299 cm³/mol. The van der Waals surface area contributed by atoms with Crippen molar-refractivity contribution in [3.05, 3.63) is 140 Å². The van der Waals surface area contributed by atoms with Crippen molar-refractivity contribution in [2.45, 2.75) is 173 Å². The summed E-state index contributed by atoms with van der Waals surface area (Å²) >= 11 is 0. The second-order valence-electron chi connectivity index (χ2n) is 25.6. The highest BCUT2D eigenvalue weighted by Crippen LogP contribution is 2.70. The normalized spacial score (nSPS) is 21.1. The first-order valence-corrected chi connectivity index (χ1v) is 30.8. The summed E-state index contributed by atoms with van der Waals surface area (Å²) in [6, 6.07) is 27.5. The Bertz CT molecular complexity index is 2030. The molecule has 2 aliphatic heterocycles. The molecule has 0 atom stereocenters. The highest BCUT2D eigenvalue weighted by Gasteiger charge is 2.54. The third kappa shape index (κ3) is 16.1. The van der Waals surface area contributed by atoms with Crippen molar-refractivity contribution in [2.24, 2.45) is 52.8 Å². The molecule has 2 aliphatic rings. The molecule has 4 aromatic rings. The van der Waals surface area contributed by atoms with E-state index in [1.54, 1.807) is 0 Å². The zero-order valence-electron chi connectivity index (χ0n) is 47.0. The van der Waals surface area contributed by atoms with Crippen LogP contribution < -0.4 is 0 Å². The van der Waals surface area contributed by atoms with Gasteiger partial charge in [-0.05, 0) is 165 Å². The van der Waals surface area contributed by atoms with E-state index in [0.717, 1.165) is 73.6 Å². The van der Waals surface area contributed by atoms with Gasteiger partial charge in [0, 0.05) is 0 Å². The highest BCUT2D eigenvalue weighted by molar-refractivity contribution is 7.55. The topological polar surface area (TPSA) is 71.1 Å². The van der Waals surface area contributed by atoms with Gasteiger partial charge in [0.25, 0.3) is 0 Å². The number of hydrogen-bond acceptors (Lipinski definition) is 6. The maximum atomic E-state index is 16.0. The van der Waals surface area contributed by atoms with Crippen LogP contribution in [0.4, 0.5) is 0 Å². The maximum absolute atomic E-state index is 16.0. The van der Waals surface area contributed by atoms with Gasteiger partial charge >= 0.3 is 15.2 Å². The van der Waals surface area contributed by atoms with E-state index in [4.69, 9.17) is 18.1 Å². The molecule has 2 saturated heterocycles. The molecule has 0 amide bonds. The molecule has 0 unspecified atom stereocenters. The Hall–Kier alpha value is -2.82. The maximum Gasteiger partial charge on any atom is 0.342 e. The van der Waals surface area contributed by atoms with Crippen molar-refractivity contribution < 1.29 is 27.2 Å². The van der Waals surface area contributed by atoms with Crippen molar-refractivity contribution in [1.29, 1.82) is 0 Å². The summed E-state index contributed by atoms with van der Waals surface area (Å²) in [5.41, 5.74) is 11.8. The van der Waals surface area contributed by atoms with Crippen molar-refractivity contribution in [2.75, 3.05) is 26.4 Å². The van der Waals surface area contributed by atoms with Gasteiger partial charge in [0.15, 0.2) is 0 Å². The van der Waals surface area contributed by atoms with E-state index in [9.17, 15) is 0 Å². The zero-order chi connectivity index (χ0) is 52.0. The van der Waals surface area contributed by atoms with E-state index in [1.165, 1.54) is 44.5 Å². The lowest BCUT2D eigenvalue weighted by Gasteiger charge is -2.45. The fourth-order valence-corrected chi connectivity index (χ4v) is 15.8. The van der Waals surface area contributed by atoms with Gasteiger partial charge in [0.1, 0.15) is 11.3 Å². The first kappa shape index (κ1) is 57.5. The molecule has 0 aromatic heterocycles. The standard InChI is InChI=1S/C63H94O6P2/c1-41(2)17-49-25-50(18-42(3)4)30-57(29-49)61(58-31-51(19-43(5)6)26-52(32-58)20-44(7)8)70(64)66-37-63(38-67-70)39-68-71(65,69-40-63)62(59-33-53(21-45(9)10)27-54(34-59)22-46(11)12)60-35-55(23-47(13)14)28-56(36-60)24-48(15)16/h25-36,41-48,61-62H,17-24,37-40H2,1-16H3. The highest BCUT2D eigenvalue weighted by atomic mass is 31.2. The van der Waals surface area contributed by atoms with E-state index in [2.05, 4.69) is 184 Å². The van der Waals surface area contributed by atoms with Crippen LogP contribution in [0.3, 0.4) is 0 Å². The SMILES string of the molecule is CC(C)Cc1cc(CC(C)C)cc(C(c2cc(CC(C)C)cc(CC(C)C)c2)P2(=O)OCC3(CO2)COP(=O)(C(c2cc(CC(C)C)cc(CC(C)C)c2)c2cc(CC(C)C)cc(CC(C)C)c2)OC3)c1. The van der Waals surface area contributed by atoms with Crippen LogP contribution in [0.5, 0.6) is 0 Å². The van der Waals surface area contributed by atoms with E-state index < -0.39 is 31.9 Å². The number of rotatable bonds is 22.